The van der Waals surface area contributed by atoms with Crippen LogP contribution in [0, 0.1) is 18.3 Å². The Morgan fingerprint density at radius 2 is 2.26 bits per heavy atom. The average molecular weight is 379 g/mol. The fourth-order valence-electron chi connectivity index (χ4n) is 3.09. The van der Waals surface area contributed by atoms with E-state index in [9.17, 15) is 4.79 Å². The first kappa shape index (κ1) is 17.2. The largest absolute Gasteiger partial charge is 0.471 e. The maximum atomic E-state index is 12.9. The Bertz CT molecular complexity index is 1000. The first-order chi connectivity index (χ1) is 13.1. The predicted molar refractivity (Wildman–Crippen MR) is 99.4 cm³/mol. The van der Waals surface area contributed by atoms with Gasteiger partial charge in [-0.2, -0.15) is 5.26 Å². The van der Waals surface area contributed by atoms with Gasteiger partial charge in [0.1, 0.15) is 17.9 Å². The van der Waals surface area contributed by atoms with Crippen molar-refractivity contribution in [3.8, 4) is 11.9 Å². The van der Waals surface area contributed by atoms with E-state index >= 15 is 0 Å². The standard InChI is InChI=1S/C19H17N5O2S/c1-13-22-17(12-27-13)19(25)24-9-15-3-2-6-23(15)10-16(11-24)26-18-5-4-14(7-20)8-21-18/h2-6,8,12,16H,9-11H2,1H3. The number of amides is 1. The van der Waals surface area contributed by atoms with Gasteiger partial charge in [0.2, 0.25) is 5.88 Å². The van der Waals surface area contributed by atoms with E-state index in [1.807, 2.05) is 31.3 Å². The van der Waals surface area contributed by atoms with Crippen LogP contribution in [0.15, 0.2) is 42.0 Å². The topological polar surface area (TPSA) is 84.0 Å². The summed E-state index contributed by atoms with van der Waals surface area (Å²) in [4.78, 5) is 23.2. The average Bonchev–Trinajstić information content (AvgIpc) is 3.26. The highest BCUT2D eigenvalue weighted by molar-refractivity contribution is 7.09. The van der Waals surface area contributed by atoms with Crippen molar-refractivity contribution in [1.82, 2.24) is 19.4 Å². The van der Waals surface area contributed by atoms with Crippen molar-refractivity contribution < 1.29 is 9.53 Å². The third kappa shape index (κ3) is 3.68. The van der Waals surface area contributed by atoms with Crippen molar-refractivity contribution in [2.75, 3.05) is 6.54 Å². The summed E-state index contributed by atoms with van der Waals surface area (Å²) in [5.74, 6) is 0.335. The molecule has 1 amide bonds. The molecular formula is C19H17N5O2S. The third-order valence-electron chi connectivity index (χ3n) is 4.38. The molecule has 0 radical (unpaired) electrons. The van der Waals surface area contributed by atoms with Crippen LogP contribution in [-0.4, -0.2) is 38.0 Å². The quantitative estimate of drug-likeness (QED) is 0.698. The molecule has 1 aliphatic heterocycles. The zero-order chi connectivity index (χ0) is 18.8. The SMILES string of the molecule is Cc1nc(C(=O)N2Cc3cccn3CC(Oc3ccc(C#N)cn3)C2)cs1. The van der Waals surface area contributed by atoms with Crippen molar-refractivity contribution >= 4 is 17.2 Å². The van der Waals surface area contributed by atoms with E-state index in [0.29, 0.717) is 36.8 Å². The molecule has 1 aliphatic rings. The van der Waals surface area contributed by atoms with Gasteiger partial charge in [-0.05, 0) is 25.1 Å². The number of fused-ring (bicyclic) bond motifs is 1. The molecule has 1 atom stereocenters. The number of pyridine rings is 1. The Labute approximate surface area is 160 Å². The van der Waals surface area contributed by atoms with Gasteiger partial charge in [0.05, 0.1) is 30.2 Å². The third-order valence-corrected chi connectivity index (χ3v) is 5.15. The van der Waals surface area contributed by atoms with Crippen LogP contribution in [0.25, 0.3) is 0 Å². The second-order valence-corrected chi connectivity index (χ2v) is 7.39. The molecule has 4 rings (SSSR count). The minimum absolute atomic E-state index is 0.101. The van der Waals surface area contributed by atoms with Gasteiger partial charge in [-0.1, -0.05) is 0 Å². The zero-order valence-electron chi connectivity index (χ0n) is 14.7. The summed E-state index contributed by atoms with van der Waals surface area (Å²) in [5, 5.41) is 11.6. The normalized spacial score (nSPS) is 16.3. The van der Waals surface area contributed by atoms with Crippen LogP contribution in [0.2, 0.25) is 0 Å². The molecule has 27 heavy (non-hydrogen) atoms. The van der Waals surface area contributed by atoms with Gasteiger partial charge in [0, 0.05) is 29.5 Å². The van der Waals surface area contributed by atoms with E-state index in [1.165, 1.54) is 17.5 Å². The molecule has 7 nitrogen and oxygen atoms in total. The predicted octanol–water partition coefficient (Wildman–Crippen LogP) is 2.62. The lowest BCUT2D eigenvalue weighted by atomic mass is 10.3. The summed E-state index contributed by atoms with van der Waals surface area (Å²) in [5.41, 5.74) is 1.99. The number of nitriles is 1. The second kappa shape index (κ2) is 7.21. The minimum Gasteiger partial charge on any atom is -0.471 e. The van der Waals surface area contributed by atoms with Crippen molar-refractivity contribution in [2.24, 2.45) is 0 Å². The summed E-state index contributed by atoms with van der Waals surface area (Å²) in [7, 11) is 0. The molecule has 0 fully saturated rings. The molecule has 136 valence electrons. The molecule has 3 aromatic heterocycles. The number of hydrogen-bond donors (Lipinski definition) is 0. The molecule has 3 aromatic rings. The van der Waals surface area contributed by atoms with Crippen molar-refractivity contribution in [2.45, 2.75) is 26.1 Å². The number of carbonyl (C=O) groups excluding carboxylic acids is 1. The highest BCUT2D eigenvalue weighted by atomic mass is 32.1. The summed E-state index contributed by atoms with van der Waals surface area (Å²) in [6, 6.07) is 9.36. The molecule has 0 saturated carbocycles. The van der Waals surface area contributed by atoms with Gasteiger partial charge in [-0.25, -0.2) is 9.97 Å². The Morgan fingerprint density at radius 1 is 1.37 bits per heavy atom. The number of nitrogens with zero attached hydrogens (tertiary/aromatic N) is 5. The van der Waals surface area contributed by atoms with Crippen LogP contribution < -0.4 is 4.74 Å². The lowest BCUT2D eigenvalue weighted by Crippen LogP contribution is -2.38. The van der Waals surface area contributed by atoms with Gasteiger partial charge >= 0.3 is 0 Å². The lowest BCUT2D eigenvalue weighted by Gasteiger charge is -2.24. The summed E-state index contributed by atoms with van der Waals surface area (Å²) < 4.78 is 8.12. The summed E-state index contributed by atoms with van der Waals surface area (Å²) in [6.45, 7) is 3.43. The first-order valence-corrected chi connectivity index (χ1v) is 9.38. The number of rotatable bonds is 3. The fourth-order valence-corrected chi connectivity index (χ4v) is 3.68. The molecule has 0 aromatic carbocycles. The summed E-state index contributed by atoms with van der Waals surface area (Å²) in [6.07, 6.45) is 3.20. The Morgan fingerprint density at radius 3 is 2.96 bits per heavy atom. The van der Waals surface area contributed by atoms with E-state index in [4.69, 9.17) is 10.00 Å². The zero-order valence-corrected chi connectivity index (χ0v) is 15.5. The van der Waals surface area contributed by atoms with Crippen LogP contribution in [0.1, 0.15) is 26.8 Å². The maximum absolute atomic E-state index is 12.9. The molecule has 0 N–H and O–H groups in total. The number of hydrogen-bond acceptors (Lipinski definition) is 6. The van der Waals surface area contributed by atoms with Crippen LogP contribution in [0.4, 0.5) is 0 Å². The van der Waals surface area contributed by atoms with Crippen LogP contribution >= 0.6 is 11.3 Å². The smallest absolute Gasteiger partial charge is 0.273 e. The van der Waals surface area contributed by atoms with Gasteiger partial charge in [0.25, 0.3) is 5.91 Å². The highest BCUT2D eigenvalue weighted by Gasteiger charge is 2.28. The Hall–Kier alpha value is -3.18. The molecule has 0 spiro atoms. The van der Waals surface area contributed by atoms with Crippen LogP contribution in [0.5, 0.6) is 5.88 Å². The number of aromatic nitrogens is 3. The molecule has 8 heteroatoms. The van der Waals surface area contributed by atoms with Crippen molar-refractivity contribution in [3.63, 3.8) is 0 Å². The molecule has 0 saturated heterocycles. The van der Waals surface area contributed by atoms with Gasteiger partial charge in [-0.3, -0.25) is 4.79 Å². The number of thiazole rings is 1. The summed E-state index contributed by atoms with van der Waals surface area (Å²) >= 11 is 1.46. The van der Waals surface area contributed by atoms with Crippen LogP contribution in [0.3, 0.4) is 0 Å². The van der Waals surface area contributed by atoms with E-state index < -0.39 is 0 Å². The van der Waals surface area contributed by atoms with Gasteiger partial charge < -0.3 is 14.2 Å². The molecule has 0 aliphatic carbocycles. The number of carbonyl (C=O) groups is 1. The highest BCUT2D eigenvalue weighted by Crippen LogP contribution is 2.20. The molecule has 1 unspecified atom stereocenters. The fraction of sp³-hybridized carbons (Fsp3) is 0.263. The van der Waals surface area contributed by atoms with Gasteiger partial charge in [-0.15, -0.1) is 11.3 Å². The monoisotopic (exact) mass is 379 g/mol. The minimum atomic E-state index is -0.261. The lowest BCUT2D eigenvalue weighted by molar-refractivity contribution is 0.0641. The number of aryl methyl sites for hydroxylation is 1. The second-order valence-electron chi connectivity index (χ2n) is 6.33. The van der Waals surface area contributed by atoms with Gasteiger partial charge in [0.15, 0.2) is 0 Å². The maximum Gasteiger partial charge on any atom is 0.273 e. The Kier molecular flexibility index (Phi) is 4.60. The first-order valence-electron chi connectivity index (χ1n) is 8.50. The molecule has 0 bridgehead atoms. The van der Waals surface area contributed by atoms with E-state index in [2.05, 4.69) is 14.5 Å². The number of ether oxygens (including phenoxy) is 1. The van der Waals surface area contributed by atoms with E-state index in [-0.39, 0.29) is 12.0 Å². The van der Waals surface area contributed by atoms with E-state index in [1.54, 1.807) is 22.4 Å². The Balaban J connectivity index is 1.58. The van der Waals surface area contributed by atoms with Crippen molar-refractivity contribution in [3.05, 3.63) is 64.0 Å². The molecular weight excluding hydrogens is 362 g/mol. The van der Waals surface area contributed by atoms with Crippen LogP contribution in [-0.2, 0) is 13.1 Å². The van der Waals surface area contributed by atoms with Crippen molar-refractivity contribution in [1.29, 1.82) is 5.26 Å². The van der Waals surface area contributed by atoms with E-state index in [0.717, 1.165) is 10.7 Å². The molecule has 4 heterocycles.